The fourth-order valence-corrected chi connectivity index (χ4v) is 3.04. The number of ether oxygens (including phenoxy) is 1. The van der Waals surface area contributed by atoms with E-state index in [1.54, 1.807) is 13.0 Å². The molecule has 2 aromatic heterocycles. The van der Waals surface area contributed by atoms with Crippen LogP contribution in [0.5, 0.6) is 5.75 Å². The van der Waals surface area contributed by atoms with Gasteiger partial charge >= 0.3 is 6.18 Å². The molecule has 3 aromatic rings. The van der Waals surface area contributed by atoms with Crippen molar-refractivity contribution < 1.29 is 32.2 Å². The third-order valence-corrected chi connectivity index (χ3v) is 4.61. The third kappa shape index (κ3) is 4.32. The number of oxazole rings is 1. The van der Waals surface area contributed by atoms with Crippen LogP contribution < -0.4 is 10.5 Å². The number of carbonyl (C=O) groups excluding carboxylic acids is 1. The highest BCUT2D eigenvalue weighted by Gasteiger charge is 2.33. The molecule has 8 nitrogen and oxygen atoms in total. The Morgan fingerprint density at radius 3 is 2.58 bits per heavy atom. The van der Waals surface area contributed by atoms with E-state index in [0.717, 1.165) is 6.07 Å². The first kappa shape index (κ1) is 22.5. The minimum Gasteiger partial charge on any atom is -0.494 e. The van der Waals surface area contributed by atoms with Gasteiger partial charge in [-0.25, -0.2) is 9.97 Å². The first-order chi connectivity index (χ1) is 14.6. The van der Waals surface area contributed by atoms with Crippen LogP contribution in [0.1, 0.15) is 34.9 Å². The molecule has 2 heterocycles. The summed E-state index contributed by atoms with van der Waals surface area (Å²) in [6.07, 6.45) is -4.63. The fourth-order valence-electron chi connectivity index (χ4n) is 3.04. The van der Waals surface area contributed by atoms with Gasteiger partial charge in [-0.1, -0.05) is 0 Å². The van der Waals surface area contributed by atoms with Crippen molar-refractivity contribution in [3.8, 4) is 17.2 Å². The average Bonchev–Trinajstić information content (AvgIpc) is 3.17. The summed E-state index contributed by atoms with van der Waals surface area (Å²) in [4.78, 5) is 21.9. The van der Waals surface area contributed by atoms with E-state index in [9.17, 15) is 18.0 Å². The Bertz CT molecular complexity index is 1110. The smallest absolute Gasteiger partial charge is 0.433 e. The second-order valence-corrected chi connectivity index (χ2v) is 6.88. The van der Waals surface area contributed by atoms with Gasteiger partial charge in [-0.15, -0.1) is 0 Å². The molecule has 1 aromatic carbocycles. The highest BCUT2D eigenvalue weighted by atomic mass is 19.4. The number of hydrogen-bond donors (Lipinski definition) is 2. The van der Waals surface area contributed by atoms with Crippen molar-refractivity contribution in [3.05, 3.63) is 41.4 Å². The molecule has 1 amide bonds. The number of amides is 1. The van der Waals surface area contributed by atoms with E-state index in [1.165, 1.54) is 31.2 Å². The molecular weight excluding hydrogens is 417 g/mol. The number of rotatable bonds is 6. The van der Waals surface area contributed by atoms with Crippen molar-refractivity contribution >= 4 is 16.8 Å². The monoisotopic (exact) mass is 438 g/mol. The highest BCUT2D eigenvalue weighted by Crippen LogP contribution is 2.37. The first-order valence-corrected chi connectivity index (χ1v) is 9.26. The zero-order valence-electron chi connectivity index (χ0n) is 17.0. The highest BCUT2D eigenvalue weighted by molar-refractivity contribution is 5.98. The molecule has 0 aliphatic rings. The average molecular weight is 438 g/mol. The maximum atomic E-state index is 13.1. The fraction of sp³-hybridized carbons (Fsp3) is 0.350. The summed E-state index contributed by atoms with van der Waals surface area (Å²) in [7, 11) is 2.81. The van der Waals surface area contributed by atoms with Crippen LogP contribution in [0.4, 0.5) is 13.2 Å². The van der Waals surface area contributed by atoms with Gasteiger partial charge in [0.1, 0.15) is 17.0 Å². The van der Waals surface area contributed by atoms with Gasteiger partial charge in [-0.3, -0.25) is 4.79 Å². The van der Waals surface area contributed by atoms with Gasteiger partial charge in [0, 0.05) is 24.5 Å². The molecule has 3 N–H and O–H groups in total. The molecular formula is C20H21F3N4O4. The summed E-state index contributed by atoms with van der Waals surface area (Å²) < 4.78 is 50.3. The molecule has 0 bridgehead atoms. The van der Waals surface area contributed by atoms with E-state index in [1.807, 2.05) is 0 Å². The number of pyridine rings is 1. The molecule has 3 rings (SSSR count). The molecule has 11 heteroatoms. The molecule has 0 radical (unpaired) electrons. The normalized spacial score (nSPS) is 12.8. The quantitative estimate of drug-likeness (QED) is 0.608. The summed E-state index contributed by atoms with van der Waals surface area (Å²) >= 11 is 0. The molecule has 166 valence electrons. The Hall–Kier alpha value is -3.18. The van der Waals surface area contributed by atoms with Gasteiger partial charge in [0.2, 0.25) is 5.89 Å². The van der Waals surface area contributed by atoms with Crippen molar-refractivity contribution in [1.29, 1.82) is 0 Å². The zero-order chi connectivity index (χ0) is 22.9. The second kappa shape index (κ2) is 8.52. The number of fused-ring (bicyclic) bond motifs is 1. The number of likely N-dealkylation sites (N-methyl/N-ethyl adjacent to an activating group) is 1. The van der Waals surface area contributed by atoms with Crippen LogP contribution >= 0.6 is 0 Å². The van der Waals surface area contributed by atoms with Crippen molar-refractivity contribution in [2.75, 3.05) is 27.3 Å². The Morgan fingerprint density at radius 2 is 2.00 bits per heavy atom. The summed E-state index contributed by atoms with van der Waals surface area (Å²) in [5.74, 6) is -0.245. The van der Waals surface area contributed by atoms with Gasteiger partial charge in [0.15, 0.2) is 11.5 Å². The van der Waals surface area contributed by atoms with Crippen molar-refractivity contribution in [3.63, 3.8) is 0 Å². The summed E-state index contributed by atoms with van der Waals surface area (Å²) in [6, 6.07) is 4.42. The minimum atomic E-state index is -4.63. The van der Waals surface area contributed by atoms with Crippen LogP contribution in [0.25, 0.3) is 22.4 Å². The predicted molar refractivity (Wildman–Crippen MR) is 105 cm³/mol. The van der Waals surface area contributed by atoms with Crippen LogP contribution in [0.2, 0.25) is 0 Å². The van der Waals surface area contributed by atoms with Crippen molar-refractivity contribution in [1.82, 2.24) is 14.9 Å². The zero-order valence-corrected chi connectivity index (χ0v) is 17.0. The number of halogens is 3. The molecule has 0 fully saturated rings. The molecule has 0 saturated heterocycles. The lowest BCUT2D eigenvalue weighted by Gasteiger charge is -2.14. The van der Waals surface area contributed by atoms with Gasteiger partial charge in [-0.2, -0.15) is 13.2 Å². The topological polar surface area (TPSA) is 115 Å². The van der Waals surface area contributed by atoms with Crippen molar-refractivity contribution in [2.45, 2.75) is 19.1 Å². The number of nitrogens with two attached hydrogens (primary N) is 1. The number of benzene rings is 1. The Balaban J connectivity index is 2.20. The van der Waals surface area contributed by atoms with Crippen LogP contribution in [0.15, 0.2) is 28.7 Å². The first-order valence-electron chi connectivity index (χ1n) is 9.26. The Labute approximate surface area is 175 Å². The standard InChI is InChI=1S/C20H21F3N4O4/c1-10(24)17-16(19(29)27(2)8-9-28)26-18(31-17)12-4-6-13(30-3)15-11(12)5-7-14(25-15)20(21,22)23/h4-7,10,28H,8-9,24H2,1-3H3. The van der Waals surface area contributed by atoms with Crippen LogP contribution in [0.3, 0.4) is 0 Å². The van der Waals surface area contributed by atoms with Crippen LogP contribution in [-0.2, 0) is 6.18 Å². The predicted octanol–water partition coefficient (Wildman–Crippen LogP) is 3.00. The van der Waals surface area contributed by atoms with Crippen molar-refractivity contribution in [2.24, 2.45) is 5.73 Å². The summed E-state index contributed by atoms with van der Waals surface area (Å²) in [5.41, 5.74) is 5.12. The Kier molecular flexibility index (Phi) is 6.18. The van der Waals surface area contributed by atoms with E-state index >= 15 is 0 Å². The van der Waals surface area contributed by atoms with Crippen LogP contribution in [-0.4, -0.2) is 53.2 Å². The molecule has 1 unspecified atom stereocenters. The summed E-state index contributed by atoms with van der Waals surface area (Å²) in [6.45, 7) is 1.45. The molecule has 31 heavy (non-hydrogen) atoms. The van der Waals surface area contributed by atoms with Gasteiger partial charge in [-0.05, 0) is 31.2 Å². The van der Waals surface area contributed by atoms with Gasteiger partial charge < -0.3 is 24.9 Å². The lowest BCUT2D eigenvalue weighted by molar-refractivity contribution is -0.140. The van der Waals surface area contributed by atoms with E-state index in [0.29, 0.717) is 10.9 Å². The second-order valence-electron chi connectivity index (χ2n) is 6.88. The van der Waals surface area contributed by atoms with Gasteiger partial charge in [0.05, 0.1) is 19.8 Å². The number of aromatic nitrogens is 2. The number of alkyl halides is 3. The number of methoxy groups -OCH3 is 1. The van der Waals surface area contributed by atoms with E-state index < -0.39 is 23.8 Å². The van der Waals surface area contributed by atoms with Gasteiger partial charge in [0.25, 0.3) is 5.91 Å². The molecule has 0 aliphatic heterocycles. The number of aliphatic hydroxyl groups is 1. The van der Waals surface area contributed by atoms with E-state index in [-0.39, 0.29) is 41.8 Å². The lowest BCUT2D eigenvalue weighted by Crippen LogP contribution is -2.31. The number of aliphatic hydroxyl groups excluding tert-OH is 1. The lowest BCUT2D eigenvalue weighted by atomic mass is 10.1. The van der Waals surface area contributed by atoms with Crippen LogP contribution in [0, 0.1) is 0 Å². The SMILES string of the molecule is COc1ccc(-c2nc(C(=O)N(C)CCO)c(C(C)N)o2)c2ccc(C(F)(F)F)nc12. The van der Waals surface area contributed by atoms with E-state index in [2.05, 4.69) is 9.97 Å². The largest absolute Gasteiger partial charge is 0.494 e. The molecule has 1 atom stereocenters. The summed E-state index contributed by atoms with van der Waals surface area (Å²) in [5, 5.41) is 9.38. The molecule has 0 saturated carbocycles. The number of hydrogen-bond acceptors (Lipinski definition) is 7. The molecule has 0 spiro atoms. The maximum Gasteiger partial charge on any atom is 0.433 e. The third-order valence-electron chi connectivity index (χ3n) is 4.61. The molecule has 0 aliphatic carbocycles. The van der Waals surface area contributed by atoms with E-state index in [4.69, 9.17) is 20.0 Å². The maximum absolute atomic E-state index is 13.1. The number of nitrogens with zero attached hydrogens (tertiary/aromatic N) is 3. The minimum absolute atomic E-state index is 0.00209. The Morgan fingerprint density at radius 1 is 1.29 bits per heavy atom. The number of carbonyl (C=O) groups is 1.